The fourth-order valence-electron chi connectivity index (χ4n) is 2.84. The number of rotatable bonds is 4. The highest BCUT2D eigenvalue weighted by molar-refractivity contribution is 5.74. The van der Waals surface area contributed by atoms with Gasteiger partial charge in [-0.2, -0.15) is 5.10 Å². The Morgan fingerprint density at radius 1 is 1.22 bits per heavy atom. The highest BCUT2D eigenvalue weighted by Crippen LogP contribution is 2.16. The highest BCUT2D eigenvalue weighted by atomic mass is 16.2. The topological polar surface area (TPSA) is 50.2 Å². The maximum absolute atomic E-state index is 12.2. The maximum atomic E-state index is 12.2. The second-order valence-electron chi connectivity index (χ2n) is 6.35. The van der Waals surface area contributed by atoms with E-state index in [0.717, 1.165) is 44.0 Å². The van der Waals surface area contributed by atoms with Gasteiger partial charge in [-0.3, -0.25) is 4.68 Å². The number of carbonyl (C=O) groups is 1. The molecule has 0 atom stereocenters. The molecule has 1 aromatic carbocycles. The Labute approximate surface area is 137 Å². The van der Waals surface area contributed by atoms with E-state index in [0.29, 0.717) is 6.54 Å². The number of amides is 2. The number of carbonyl (C=O) groups excluding carboxylic acids is 1. The molecular formula is C18H24N4O. The third-order valence-electron chi connectivity index (χ3n) is 4.44. The number of benzene rings is 1. The lowest BCUT2D eigenvalue weighted by Gasteiger charge is -2.30. The van der Waals surface area contributed by atoms with Crippen LogP contribution in [0.4, 0.5) is 4.79 Å². The van der Waals surface area contributed by atoms with Gasteiger partial charge in [0.1, 0.15) is 0 Å². The van der Waals surface area contributed by atoms with Gasteiger partial charge in [-0.15, -0.1) is 0 Å². The molecule has 1 N–H and O–H groups in total. The van der Waals surface area contributed by atoms with Crippen molar-refractivity contribution in [2.24, 2.45) is 5.92 Å². The predicted octanol–water partition coefficient (Wildman–Crippen LogP) is 2.87. The van der Waals surface area contributed by atoms with Crippen LogP contribution in [0.3, 0.4) is 0 Å². The minimum Gasteiger partial charge on any atom is -0.334 e. The average molecular weight is 312 g/mol. The van der Waals surface area contributed by atoms with Crippen molar-refractivity contribution in [1.29, 1.82) is 0 Å². The van der Waals surface area contributed by atoms with Crippen molar-refractivity contribution in [1.82, 2.24) is 20.0 Å². The lowest BCUT2D eigenvalue weighted by molar-refractivity contribution is 0.173. The van der Waals surface area contributed by atoms with Gasteiger partial charge in [-0.1, -0.05) is 31.2 Å². The normalized spacial score (nSPS) is 15.6. The van der Waals surface area contributed by atoms with Crippen LogP contribution in [0.25, 0.3) is 0 Å². The van der Waals surface area contributed by atoms with Crippen LogP contribution in [0.1, 0.15) is 30.9 Å². The summed E-state index contributed by atoms with van der Waals surface area (Å²) in [5, 5.41) is 7.22. The number of piperidine rings is 1. The van der Waals surface area contributed by atoms with Gasteiger partial charge in [-0.05, 0) is 36.0 Å². The fraction of sp³-hybridized carbons (Fsp3) is 0.444. The summed E-state index contributed by atoms with van der Waals surface area (Å²) in [6, 6.07) is 10.3. The Kier molecular flexibility index (Phi) is 4.95. The minimum absolute atomic E-state index is 0.0533. The van der Waals surface area contributed by atoms with Crippen molar-refractivity contribution in [2.45, 2.75) is 32.9 Å². The van der Waals surface area contributed by atoms with Crippen molar-refractivity contribution in [3.05, 3.63) is 53.9 Å². The van der Waals surface area contributed by atoms with Gasteiger partial charge in [0.05, 0.1) is 6.54 Å². The minimum atomic E-state index is 0.0533. The number of urea groups is 1. The molecule has 1 saturated heterocycles. The summed E-state index contributed by atoms with van der Waals surface area (Å²) in [5.74, 6) is 0.737. The van der Waals surface area contributed by atoms with E-state index in [1.54, 1.807) is 6.20 Å². The maximum Gasteiger partial charge on any atom is 0.317 e. The van der Waals surface area contributed by atoms with Gasteiger partial charge in [0.25, 0.3) is 0 Å². The van der Waals surface area contributed by atoms with E-state index in [9.17, 15) is 4.79 Å². The van der Waals surface area contributed by atoms with Gasteiger partial charge in [0.2, 0.25) is 0 Å². The molecule has 2 aromatic rings. The molecular weight excluding hydrogens is 288 g/mol. The first-order valence-corrected chi connectivity index (χ1v) is 8.29. The van der Waals surface area contributed by atoms with Crippen LogP contribution in [-0.2, 0) is 13.1 Å². The van der Waals surface area contributed by atoms with E-state index < -0.39 is 0 Å². The second kappa shape index (κ2) is 7.31. The van der Waals surface area contributed by atoms with Crippen LogP contribution in [0.2, 0.25) is 0 Å². The Bertz CT molecular complexity index is 613. The highest BCUT2D eigenvalue weighted by Gasteiger charge is 2.19. The number of likely N-dealkylation sites (tertiary alicyclic amines) is 1. The molecule has 0 radical (unpaired) electrons. The van der Waals surface area contributed by atoms with Gasteiger partial charge in [0, 0.05) is 32.0 Å². The lowest BCUT2D eigenvalue weighted by Crippen LogP contribution is -2.43. The predicted molar refractivity (Wildman–Crippen MR) is 90.0 cm³/mol. The Balaban J connectivity index is 1.47. The SMILES string of the molecule is CC1CCN(C(=O)NCc2ccc(Cn3cccn3)cc2)CC1. The molecule has 23 heavy (non-hydrogen) atoms. The lowest BCUT2D eigenvalue weighted by atomic mass is 10.00. The molecule has 1 aliphatic heterocycles. The Hall–Kier alpha value is -2.30. The molecule has 0 saturated carbocycles. The van der Waals surface area contributed by atoms with Crippen molar-refractivity contribution < 1.29 is 4.79 Å². The van der Waals surface area contributed by atoms with Gasteiger partial charge < -0.3 is 10.2 Å². The third-order valence-corrected chi connectivity index (χ3v) is 4.44. The molecule has 1 fully saturated rings. The van der Waals surface area contributed by atoms with Crippen molar-refractivity contribution in [3.63, 3.8) is 0 Å². The molecule has 5 heteroatoms. The number of nitrogens with zero attached hydrogens (tertiary/aromatic N) is 3. The van der Waals surface area contributed by atoms with Crippen LogP contribution in [0.5, 0.6) is 0 Å². The van der Waals surface area contributed by atoms with E-state index in [4.69, 9.17) is 0 Å². The monoisotopic (exact) mass is 312 g/mol. The Morgan fingerprint density at radius 3 is 2.57 bits per heavy atom. The van der Waals surface area contributed by atoms with E-state index in [-0.39, 0.29) is 6.03 Å². The summed E-state index contributed by atoms with van der Waals surface area (Å²) in [5.41, 5.74) is 2.32. The first-order valence-electron chi connectivity index (χ1n) is 8.29. The van der Waals surface area contributed by atoms with Gasteiger partial charge >= 0.3 is 6.03 Å². The molecule has 1 aromatic heterocycles. The summed E-state index contributed by atoms with van der Waals surface area (Å²) >= 11 is 0. The first-order chi connectivity index (χ1) is 11.2. The van der Waals surface area contributed by atoms with Crippen molar-refractivity contribution in [2.75, 3.05) is 13.1 Å². The van der Waals surface area contributed by atoms with Crippen LogP contribution >= 0.6 is 0 Å². The summed E-state index contributed by atoms with van der Waals surface area (Å²) in [7, 11) is 0. The van der Waals surface area contributed by atoms with Crippen LogP contribution in [0, 0.1) is 5.92 Å². The van der Waals surface area contributed by atoms with Crippen LogP contribution in [-0.4, -0.2) is 33.8 Å². The standard InChI is InChI=1S/C18H24N4O/c1-15-7-11-21(12-8-15)18(23)19-13-16-3-5-17(6-4-16)14-22-10-2-9-20-22/h2-6,9-10,15H,7-8,11-14H2,1H3,(H,19,23). The number of nitrogens with one attached hydrogen (secondary N) is 1. The van der Waals surface area contributed by atoms with Crippen LogP contribution in [0.15, 0.2) is 42.7 Å². The first kappa shape index (κ1) is 15.6. The van der Waals surface area contributed by atoms with E-state index in [1.165, 1.54) is 5.56 Å². The van der Waals surface area contributed by atoms with Crippen molar-refractivity contribution >= 4 is 6.03 Å². The largest absolute Gasteiger partial charge is 0.334 e. The zero-order valence-electron chi connectivity index (χ0n) is 13.6. The summed E-state index contributed by atoms with van der Waals surface area (Å²) in [4.78, 5) is 14.1. The number of hydrogen-bond donors (Lipinski definition) is 1. The smallest absolute Gasteiger partial charge is 0.317 e. The molecule has 3 rings (SSSR count). The molecule has 0 spiro atoms. The number of hydrogen-bond acceptors (Lipinski definition) is 2. The van der Waals surface area contributed by atoms with E-state index in [1.807, 2.05) is 21.8 Å². The molecule has 1 aliphatic rings. The van der Waals surface area contributed by atoms with E-state index in [2.05, 4.69) is 41.6 Å². The van der Waals surface area contributed by atoms with Gasteiger partial charge in [0.15, 0.2) is 0 Å². The van der Waals surface area contributed by atoms with Crippen LogP contribution < -0.4 is 5.32 Å². The molecule has 122 valence electrons. The molecule has 5 nitrogen and oxygen atoms in total. The number of aromatic nitrogens is 2. The summed E-state index contributed by atoms with van der Waals surface area (Å²) in [6.45, 7) is 5.34. The zero-order valence-corrected chi connectivity index (χ0v) is 13.6. The molecule has 2 amide bonds. The molecule has 0 bridgehead atoms. The fourth-order valence-corrected chi connectivity index (χ4v) is 2.84. The average Bonchev–Trinajstić information content (AvgIpc) is 3.07. The summed E-state index contributed by atoms with van der Waals surface area (Å²) < 4.78 is 1.90. The zero-order chi connectivity index (χ0) is 16.1. The van der Waals surface area contributed by atoms with Crippen molar-refractivity contribution in [3.8, 4) is 0 Å². The molecule has 0 aliphatic carbocycles. The quantitative estimate of drug-likeness (QED) is 0.944. The van der Waals surface area contributed by atoms with Gasteiger partial charge in [-0.25, -0.2) is 4.79 Å². The second-order valence-corrected chi connectivity index (χ2v) is 6.35. The van der Waals surface area contributed by atoms with E-state index >= 15 is 0 Å². The third kappa shape index (κ3) is 4.34. The Morgan fingerprint density at radius 2 is 1.91 bits per heavy atom. The molecule has 2 heterocycles. The summed E-state index contributed by atoms with van der Waals surface area (Å²) in [6.07, 6.45) is 5.95. The molecule has 0 unspecified atom stereocenters.